The molecule has 0 bridgehead atoms. The monoisotopic (exact) mass is 265 g/mol. The maximum atomic E-state index is 12.1. The molecule has 1 saturated carbocycles. The summed E-state index contributed by atoms with van der Waals surface area (Å²) in [6, 6.07) is 0. The van der Waals surface area contributed by atoms with E-state index in [1.165, 1.54) is 32.1 Å². The maximum Gasteiger partial charge on any atom is 0.307 e. The van der Waals surface area contributed by atoms with Gasteiger partial charge in [0.2, 0.25) is 5.91 Å². The van der Waals surface area contributed by atoms with Crippen LogP contribution in [0, 0.1) is 17.8 Å². The number of carbonyl (C=O) groups excluding carboxylic acids is 1. The molecule has 0 saturated heterocycles. The van der Waals surface area contributed by atoms with Crippen LogP contribution in [0.5, 0.6) is 0 Å². The summed E-state index contributed by atoms with van der Waals surface area (Å²) in [5.74, 6) is -1.31. The van der Waals surface area contributed by atoms with Crippen LogP contribution >= 0.6 is 0 Å². The van der Waals surface area contributed by atoms with E-state index in [1.54, 1.807) is 0 Å². The number of carboxylic acids is 1. The maximum absolute atomic E-state index is 12.1. The first-order valence-corrected chi connectivity index (χ1v) is 7.34. The van der Waals surface area contributed by atoms with E-state index in [1.807, 2.05) is 12.2 Å². The highest BCUT2D eigenvalue weighted by atomic mass is 16.4. The van der Waals surface area contributed by atoms with Crippen molar-refractivity contribution in [2.75, 3.05) is 6.54 Å². The molecule has 106 valence electrons. The van der Waals surface area contributed by atoms with Crippen LogP contribution in [0.25, 0.3) is 0 Å². The molecule has 1 fully saturated rings. The summed E-state index contributed by atoms with van der Waals surface area (Å²) in [6.07, 6.45) is 11.0. The van der Waals surface area contributed by atoms with E-state index in [2.05, 4.69) is 5.32 Å². The van der Waals surface area contributed by atoms with Crippen molar-refractivity contribution >= 4 is 11.9 Å². The molecule has 4 heteroatoms. The van der Waals surface area contributed by atoms with Crippen molar-refractivity contribution in [3.05, 3.63) is 12.2 Å². The Kier molecular flexibility index (Phi) is 5.00. The molecule has 0 radical (unpaired) electrons. The summed E-state index contributed by atoms with van der Waals surface area (Å²) in [4.78, 5) is 23.3. The average molecular weight is 265 g/mol. The summed E-state index contributed by atoms with van der Waals surface area (Å²) >= 11 is 0. The first-order valence-electron chi connectivity index (χ1n) is 7.34. The van der Waals surface area contributed by atoms with Gasteiger partial charge in [0.1, 0.15) is 0 Å². The number of nitrogens with one attached hydrogen (secondary N) is 1. The molecule has 2 aliphatic carbocycles. The van der Waals surface area contributed by atoms with Crippen molar-refractivity contribution in [3.63, 3.8) is 0 Å². The third kappa shape index (κ3) is 3.82. The third-order valence-electron chi connectivity index (χ3n) is 4.38. The van der Waals surface area contributed by atoms with Gasteiger partial charge in [0.15, 0.2) is 0 Å². The third-order valence-corrected chi connectivity index (χ3v) is 4.38. The number of hydrogen-bond donors (Lipinski definition) is 2. The average Bonchev–Trinajstić information content (AvgIpc) is 2.46. The predicted molar refractivity (Wildman–Crippen MR) is 72.6 cm³/mol. The predicted octanol–water partition coefficient (Wildman–Crippen LogP) is 2.35. The SMILES string of the molecule is O=C(O)C1CC=CCC1C(=O)NCC1CCCCC1. The quantitative estimate of drug-likeness (QED) is 0.767. The fraction of sp³-hybridized carbons (Fsp3) is 0.733. The fourth-order valence-corrected chi connectivity index (χ4v) is 3.14. The number of hydrogen-bond acceptors (Lipinski definition) is 2. The molecule has 0 aromatic carbocycles. The number of rotatable bonds is 4. The van der Waals surface area contributed by atoms with Crippen molar-refractivity contribution in [1.29, 1.82) is 0 Å². The molecule has 0 heterocycles. The molecular formula is C15H23NO3. The Labute approximate surface area is 114 Å². The minimum Gasteiger partial charge on any atom is -0.481 e. The Morgan fingerprint density at radius 2 is 1.68 bits per heavy atom. The van der Waals surface area contributed by atoms with Gasteiger partial charge in [-0.15, -0.1) is 0 Å². The Bertz CT molecular complexity index is 358. The zero-order valence-corrected chi connectivity index (χ0v) is 11.3. The highest BCUT2D eigenvalue weighted by Crippen LogP contribution is 2.27. The Morgan fingerprint density at radius 1 is 1.05 bits per heavy atom. The van der Waals surface area contributed by atoms with Crippen LogP contribution in [0.15, 0.2) is 12.2 Å². The highest BCUT2D eigenvalue weighted by Gasteiger charge is 2.33. The Balaban J connectivity index is 1.84. The lowest BCUT2D eigenvalue weighted by Gasteiger charge is -2.26. The number of amides is 1. The van der Waals surface area contributed by atoms with Gasteiger partial charge in [-0.05, 0) is 31.6 Å². The van der Waals surface area contributed by atoms with Crippen molar-refractivity contribution in [1.82, 2.24) is 5.32 Å². The molecule has 19 heavy (non-hydrogen) atoms. The standard InChI is InChI=1S/C15H23NO3/c17-14(16-10-11-6-2-1-3-7-11)12-8-4-5-9-13(12)15(18)19/h4-5,11-13H,1-3,6-10H2,(H,16,17)(H,18,19). The van der Waals surface area contributed by atoms with E-state index < -0.39 is 17.8 Å². The van der Waals surface area contributed by atoms with Crippen molar-refractivity contribution in [2.45, 2.75) is 44.9 Å². The van der Waals surface area contributed by atoms with Gasteiger partial charge in [0.25, 0.3) is 0 Å². The molecule has 0 aromatic heterocycles. The molecule has 2 atom stereocenters. The van der Waals surface area contributed by atoms with Crippen molar-refractivity contribution in [2.24, 2.45) is 17.8 Å². The van der Waals surface area contributed by atoms with Gasteiger partial charge in [0.05, 0.1) is 11.8 Å². The van der Waals surface area contributed by atoms with Crippen LogP contribution in [0.2, 0.25) is 0 Å². The minimum absolute atomic E-state index is 0.0812. The van der Waals surface area contributed by atoms with E-state index in [0.29, 0.717) is 25.3 Å². The second kappa shape index (κ2) is 6.73. The van der Waals surface area contributed by atoms with Crippen LogP contribution in [0.3, 0.4) is 0 Å². The molecule has 0 spiro atoms. The number of carbonyl (C=O) groups is 2. The lowest BCUT2D eigenvalue weighted by atomic mass is 9.82. The molecule has 2 N–H and O–H groups in total. The van der Waals surface area contributed by atoms with E-state index in [0.717, 1.165) is 0 Å². The van der Waals surface area contributed by atoms with Gasteiger partial charge < -0.3 is 10.4 Å². The number of allylic oxidation sites excluding steroid dienone is 2. The molecule has 0 aliphatic heterocycles. The van der Waals surface area contributed by atoms with Gasteiger partial charge in [-0.3, -0.25) is 9.59 Å². The summed E-state index contributed by atoms with van der Waals surface area (Å²) in [5, 5.41) is 12.1. The van der Waals surface area contributed by atoms with Crippen LogP contribution < -0.4 is 5.32 Å². The summed E-state index contributed by atoms with van der Waals surface area (Å²) in [6.45, 7) is 0.714. The Morgan fingerprint density at radius 3 is 2.32 bits per heavy atom. The smallest absolute Gasteiger partial charge is 0.307 e. The van der Waals surface area contributed by atoms with Crippen LogP contribution in [-0.4, -0.2) is 23.5 Å². The van der Waals surface area contributed by atoms with Gasteiger partial charge in [-0.2, -0.15) is 0 Å². The molecule has 0 aromatic rings. The number of aliphatic carboxylic acids is 1. The van der Waals surface area contributed by atoms with Crippen molar-refractivity contribution < 1.29 is 14.7 Å². The first-order chi connectivity index (χ1) is 9.18. The molecule has 4 nitrogen and oxygen atoms in total. The lowest BCUT2D eigenvalue weighted by molar-refractivity contribution is -0.147. The van der Waals surface area contributed by atoms with Crippen LogP contribution in [0.1, 0.15) is 44.9 Å². The highest BCUT2D eigenvalue weighted by molar-refractivity contribution is 5.85. The van der Waals surface area contributed by atoms with Crippen molar-refractivity contribution in [3.8, 4) is 0 Å². The molecular weight excluding hydrogens is 242 g/mol. The first kappa shape index (κ1) is 14.1. The van der Waals surface area contributed by atoms with E-state index in [9.17, 15) is 9.59 Å². The largest absolute Gasteiger partial charge is 0.481 e. The number of carboxylic acid groups (broad SMARTS) is 1. The van der Waals surface area contributed by atoms with E-state index in [-0.39, 0.29) is 5.91 Å². The normalized spacial score (nSPS) is 28.0. The molecule has 2 aliphatic rings. The van der Waals surface area contributed by atoms with Crippen LogP contribution in [-0.2, 0) is 9.59 Å². The summed E-state index contributed by atoms with van der Waals surface area (Å²) < 4.78 is 0. The molecule has 2 rings (SSSR count). The minimum atomic E-state index is -0.859. The van der Waals surface area contributed by atoms with E-state index in [4.69, 9.17) is 5.11 Å². The second-order valence-corrected chi connectivity index (χ2v) is 5.74. The van der Waals surface area contributed by atoms with Crippen LogP contribution in [0.4, 0.5) is 0 Å². The fourth-order valence-electron chi connectivity index (χ4n) is 3.14. The van der Waals surface area contributed by atoms with E-state index >= 15 is 0 Å². The molecule has 1 amide bonds. The van der Waals surface area contributed by atoms with Gasteiger partial charge in [-0.25, -0.2) is 0 Å². The van der Waals surface area contributed by atoms with Gasteiger partial charge >= 0.3 is 5.97 Å². The lowest BCUT2D eigenvalue weighted by Crippen LogP contribution is -2.40. The summed E-state index contributed by atoms with van der Waals surface area (Å²) in [5.41, 5.74) is 0. The zero-order chi connectivity index (χ0) is 13.7. The topological polar surface area (TPSA) is 66.4 Å². The van der Waals surface area contributed by atoms with Gasteiger partial charge in [-0.1, -0.05) is 31.4 Å². The van der Waals surface area contributed by atoms with Gasteiger partial charge in [0, 0.05) is 6.54 Å². The second-order valence-electron chi connectivity index (χ2n) is 5.74. The zero-order valence-electron chi connectivity index (χ0n) is 11.3. The Hall–Kier alpha value is -1.32. The molecule has 2 unspecified atom stereocenters. The summed E-state index contributed by atoms with van der Waals surface area (Å²) in [7, 11) is 0.